The Morgan fingerprint density at radius 3 is 1.36 bits per heavy atom. The first kappa shape index (κ1) is 52.6. The summed E-state index contributed by atoms with van der Waals surface area (Å²) in [6.45, 7) is 3.49. The third-order valence-corrected chi connectivity index (χ3v) is 10.5. The van der Waals surface area contributed by atoms with Crippen LogP contribution in [0.2, 0.25) is 0 Å². The molecule has 0 fully saturated rings. The monoisotopic (exact) mass is 779 g/mol. The number of ether oxygens (including phenoxy) is 1. The number of hydrogen-bond acceptors (Lipinski definition) is 6. The lowest BCUT2D eigenvalue weighted by Crippen LogP contribution is -2.47. The number of aliphatic hydroxyl groups excluding tert-OH is 1. The van der Waals surface area contributed by atoms with Gasteiger partial charge in [0.2, 0.25) is 11.8 Å². The highest BCUT2D eigenvalue weighted by Gasteiger charge is 2.19. The minimum absolute atomic E-state index is 0.00938. The molecule has 0 aliphatic rings. The summed E-state index contributed by atoms with van der Waals surface area (Å²) in [5.41, 5.74) is 0. The van der Waals surface area contributed by atoms with E-state index in [0.29, 0.717) is 19.3 Å². The number of carbonyl (C=O) groups excluding carboxylic acids is 3. The SMILES string of the molecule is CCCCCCCC/C=C\CCCCCCCCCC(=O)OC(CCCCCCCCCCCC)CCCCCCCC(=O)NCC(=O)NC(CO)C(=O)O. The number of esters is 1. The minimum atomic E-state index is -1.38. The van der Waals surface area contributed by atoms with Gasteiger partial charge < -0.3 is 25.6 Å². The van der Waals surface area contributed by atoms with Crippen molar-refractivity contribution < 1.29 is 34.1 Å². The molecule has 0 rings (SSSR count). The molecule has 0 radical (unpaired) electrons. The Labute approximate surface area is 337 Å². The number of nitrogens with one attached hydrogen (secondary N) is 2. The van der Waals surface area contributed by atoms with Crippen LogP contribution < -0.4 is 10.6 Å². The van der Waals surface area contributed by atoms with Crippen molar-refractivity contribution in [1.82, 2.24) is 10.6 Å². The summed E-state index contributed by atoms with van der Waals surface area (Å²) >= 11 is 0. The van der Waals surface area contributed by atoms with E-state index in [9.17, 15) is 19.2 Å². The summed E-state index contributed by atoms with van der Waals surface area (Å²) in [6.07, 6.45) is 43.8. The van der Waals surface area contributed by atoms with Crippen molar-refractivity contribution in [3.63, 3.8) is 0 Å². The van der Waals surface area contributed by atoms with Crippen LogP contribution in [-0.2, 0) is 23.9 Å². The molecule has 0 aliphatic carbocycles. The van der Waals surface area contributed by atoms with Crippen LogP contribution in [0.1, 0.15) is 232 Å². The maximum absolute atomic E-state index is 12.8. The van der Waals surface area contributed by atoms with E-state index in [2.05, 4.69) is 36.6 Å². The Morgan fingerprint density at radius 1 is 0.527 bits per heavy atom. The van der Waals surface area contributed by atoms with Gasteiger partial charge in [0.15, 0.2) is 0 Å². The fourth-order valence-electron chi connectivity index (χ4n) is 6.95. The summed E-state index contributed by atoms with van der Waals surface area (Å²) in [6, 6.07) is -1.38. The number of aliphatic carboxylic acids is 1. The lowest BCUT2D eigenvalue weighted by molar-refractivity contribution is -0.150. The van der Waals surface area contributed by atoms with E-state index in [1.807, 2.05) is 0 Å². The second kappa shape index (κ2) is 41.2. The van der Waals surface area contributed by atoms with Gasteiger partial charge in [-0.2, -0.15) is 0 Å². The highest BCUT2D eigenvalue weighted by Crippen LogP contribution is 2.19. The molecule has 0 aromatic carbocycles. The summed E-state index contributed by atoms with van der Waals surface area (Å²) in [4.78, 5) is 47.6. The summed E-state index contributed by atoms with van der Waals surface area (Å²) in [5, 5.41) is 22.6. The largest absolute Gasteiger partial charge is 0.480 e. The Balaban J connectivity index is 4.22. The van der Waals surface area contributed by atoms with Gasteiger partial charge in [-0.15, -0.1) is 0 Å². The molecule has 0 aromatic heterocycles. The highest BCUT2D eigenvalue weighted by molar-refractivity contribution is 5.87. The zero-order valence-electron chi connectivity index (χ0n) is 35.7. The highest BCUT2D eigenvalue weighted by atomic mass is 16.5. The van der Waals surface area contributed by atoms with E-state index < -0.39 is 24.5 Å². The Bertz CT molecular complexity index is 941. The van der Waals surface area contributed by atoms with Gasteiger partial charge in [0, 0.05) is 12.8 Å². The standard InChI is InChI=1S/C46H86N2O7/c1-3-5-7-9-11-13-15-16-17-18-19-20-21-23-25-30-34-38-45(52)55-41(35-31-27-24-22-14-12-10-8-6-4-2)36-32-28-26-29-33-37-43(50)47-39-44(51)48-42(40-49)46(53)54/h16-17,41-42,49H,3-15,18-40H2,1-2H3,(H,47,50)(H,48,51)(H,53,54)/b17-16-. The molecule has 0 aromatic rings. The van der Waals surface area contributed by atoms with E-state index in [4.69, 9.17) is 14.9 Å². The van der Waals surface area contributed by atoms with Crippen molar-refractivity contribution in [1.29, 1.82) is 0 Å². The van der Waals surface area contributed by atoms with Gasteiger partial charge in [-0.3, -0.25) is 14.4 Å². The number of carboxylic acids is 1. The molecule has 2 unspecified atom stereocenters. The number of allylic oxidation sites excluding steroid dienone is 2. The van der Waals surface area contributed by atoms with Crippen molar-refractivity contribution in [2.45, 2.75) is 244 Å². The zero-order valence-corrected chi connectivity index (χ0v) is 35.7. The number of aliphatic hydroxyl groups is 1. The maximum Gasteiger partial charge on any atom is 0.328 e. The number of carbonyl (C=O) groups is 4. The molecule has 322 valence electrons. The fourth-order valence-corrected chi connectivity index (χ4v) is 6.95. The molecular formula is C46H86N2O7. The topological polar surface area (TPSA) is 142 Å². The molecule has 4 N–H and O–H groups in total. The van der Waals surface area contributed by atoms with Crippen molar-refractivity contribution in [3.8, 4) is 0 Å². The first-order chi connectivity index (χ1) is 26.8. The van der Waals surface area contributed by atoms with Crippen LogP contribution in [0.25, 0.3) is 0 Å². The number of carboxylic acid groups (broad SMARTS) is 1. The van der Waals surface area contributed by atoms with E-state index >= 15 is 0 Å². The maximum atomic E-state index is 12.8. The molecule has 0 heterocycles. The van der Waals surface area contributed by atoms with Gasteiger partial charge in [0.1, 0.15) is 12.1 Å². The van der Waals surface area contributed by atoms with E-state index in [-0.39, 0.29) is 24.5 Å². The molecule has 0 aliphatic heterocycles. The van der Waals surface area contributed by atoms with Crippen LogP contribution in [0.4, 0.5) is 0 Å². The Kier molecular flexibility index (Phi) is 39.4. The fraction of sp³-hybridized carbons (Fsp3) is 0.870. The van der Waals surface area contributed by atoms with Gasteiger partial charge in [0.25, 0.3) is 0 Å². The van der Waals surface area contributed by atoms with Crippen molar-refractivity contribution in [2.24, 2.45) is 0 Å². The van der Waals surface area contributed by atoms with Crippen LogP contribution >= 0.6 is 0 Å². The molecule has 0 bridgehead atoms. The van der Waals surface area contributed by atoms with Crippen LogP contribution in [0.15, 0.2) is 12.2 Å². The Hall–Kier alpha value is -2.42. The first-order valence-electron chi connectivity index (χ1n) is 23.1. The molecular weight excluding hydrogens is 693 g/mol. The zero-order chi connectivity index (χ0) is 40.5. The van der Waals surface area contributed by atoms with Gasteiger partial charge >= 0.3 is 11.9 Å². The van der Waals surface area contributed by atoms with Gasteiger partial charge in [0.05, 0.1) is 13.2 Å². The molecule has 9 heteroatoms. The van der Waals surface area contributed by atoms with Crippen LogP contribution in [0.3, 0.4) is 0 Å². The van der Waals surface area contributed by atoms with Gasteiger partial charge in [-0.1, -0.05) is 167 Å². The van der Waals surface area contributed by atoms with E-state index in [1.165, 1.54) is 141 Å². The number of hydrogen-bond donors (Lipinski definition) is 4. The van der Waals surface area contributed by atoms with Gasteiger partial charge in [-0.05, 0) is 64.2 Å². The van der Waals surface area contributed by atoms with Gasteiger partial charge in [-0.25, -0.2) is 4.79 Å². The van der Waals surface area contributed by atoms with Crippen LogP contribution in [-0.4, -0.2) is 59.3 Å². The summed E-state index contributed by atoms with van der Waals surface area (Å²) < 4.78 is 6.03. The molecule has 0 saturated carbocycles. The van der Waals surface area contributed by atoms with Crippen LogP contribution in [0, 0.1) is 0 Å². The van der Waals surface area contributed by atoms with E-state index in [1.54, 1.807) is 0 Å². The number of unbranched alkanes of at least 4 members (excludes halogenated alkanes) is 26. The molecule has 9 nitrogen and oxygen atoms in total. The third-order valence-electron chi connectivity index (χ3n) is 10.5. The van der Waals surface area contributed by atoms with Crippen molar-refractivity contribution >= 4 is 23.8 Å². The molecule has 55 heavy (non-hydrogen) atoms. The predicted molar refractivity (Wildman–Crippen MR) is 227 cm³/mol. The minimum Gasteiger partial charge on any atom is -0.480 e. The number of amides is 2. The molecule has 2 atom stereocenters. The molecule has 2 amide bonds. The van der Waals surface area contributed by atoms with Crippen LogP contribution in [0.5, 0.6) is 0 Å². The first-order valence-corrected chi connectivity index (χ1v) is 23.1. The van der Waals surface area contributed by atoms with Crippen molar-refractivity contribution in [3.05, 3.63) is 12.2 Å². The smallest absolute Gasteiger partial charge is 0.328 e. The normalized spacial score (nSPS) is 12.5. The quantitative estimate of drug-likeness (QED) is 0.0274. The third kappa shape index (κ3) is 38.2. The molecule has 0 spiro atoms. The summed E-state index contributed by atoms with van der Waals surface area (Å²) in [5.74, 6) is -2.28. The van der Waals surface area contributed by atoms with E-state index in [0.717, 1.165) is 57.8 Å². The second-order valence-corrected chi connectivity index (χ2v) is 15.8. The Morgan fingerprint density at radius 2 is 0.927 bits per heavy atom. The second-order valence-electron chi connectivity index (χ2n) is 15.8. The average molecular weight is 779 g/mol. The molecule has 0 saturated heterocycles. The predicted octanol–water partition coefficient (Wildman–Crippen LogP) is 11.4. The van der Waals surface area contributed by atoms with Crippen molar-refractivity contribution in [2.75, 3.05) is 13.2 Å². The lowest BCUT2D eigenvalue weighted by Gasteiger charge is -2.18. The lowest BCUT2D eigenvalue weighted by atomic mass is 10.0. The number of rotatable bonds is 42. The average Bonchev–Trinajstić information content (AvgIpc) is 3.17. The summed E-state index contributed by atoms with van der Waals surface area (Å²) in [7, 11) is 0.